The molecule has 1 aromatic carbocycles. The fourth-order valence-corrected chi connectivity index (χ4v) is 2.07. The Morgan fingerprint density at radius 3 is 3.11 bits per heavy atom. The highest BCUT2D eigenvalue weighted by molar-refractivity contribution is 5.80. The van der Waals surface area contributed by atoms with Gasteiger partial charge in [0.15, 0.2) is 0 Å². The number of fused-ring (bicyclic) bond motifs is 1. The standard InChI is InChI=1S/C13H14N4O/c1-17-7-12(16-13(17)4-5-18)9-2-3-10-11(6-9)15-8-14-10/h2-3,6-8,18H,4-5H2,1H3,(H,14,15). The Hall–Kier alpha value is -2.14. The van der Waals surface area contributed by atoms with E-state index in [1.165, 1.54) is 0 Å². The van der Waals surface area contributed by atoms with Crippen molar-refractivity contribution in [3.63, 3.8) is 0 Å². The zero-order valence-electron chi connectivity index (χ0n) is 10.1. The number of benzene rings is 1. The summed E-state index contributed by atoms with van der Waals surface area (Å²) in [6.07, 6.45) is 4.23. The SMILES string of the molecule is Cn1cc(-c2ccc3nc[nH]c3c2)nc1CCO. The maximum absolute atomic E-state index is 8.97. The molecule has 2 N–H and O–H groups in total. The van der Waals surface area contributed by atoms with Crippen LogP contribution in [0.2, 0.25) is 0 Å². The van der Waals surface area contributed by atoms with Crippen LogP contribution in [0.5, 0.6) is 0 Å². The van der Waals surface area contributed by atoms with Gasteiger partial charge in [0.25, 0.3) is 0 Å². The molecule has 0 saturated heterocycles. The number of aromatic amines is 1. The highest BCUT2D eigenvalue weighted by atomic mass is 16.3. The molecule has 5 heteroatoms. The number of aliphatic hydroxyl groups excluding tert-OH is 1. The van der Waals surface area contributed by atoms with Crippen LogP contribution in [-0.2, 0) is 13.5 Å². The Balaban J connectivity index is 2.05. The maximum atomic E-state index is 8.97. The lowest BCUT2D eigenvalue weighted by atomic mass is 10.1. The number of hydrogen-bond donors (Lipinski definition) is 2. The summed E-state index contributed by atoms with van der Waals surface area (Å²) >= 11 is 0. The van der Waals surface area contributed by atoms with Gasteiger partial charge in [0.2, 0.25) is 0 Å². The molecule has 0 radical (unpaired) electrons. The minimum absolute atomic E-state index is 0.115. The highest BCUT2D eigenvalue weighted by Gasteiger charge is 2.08. The quantitative estimate of drug-likeness (QED) is 0.731. The maximum Gasteiger partial charge on any atom is 0.111 e. The van der Waals surface area contributed by atoms with E-state index < -0.39 is 0 Å². The van der Waals surface area contributed by atoms with Gasteiger partial charge in [-0.1, -0.05) is 6.07 Å². The van der Waals surface area contributed by atoms with Crippen LogP contribution in [-0.4, -0.2) is 31.2 Å². The summed E-state index contributed by atoms with van der Waals surface area (Å²) < 4.78 is 1.95. The Kier molecular flexibility index (Phi) is 2.60. The largest absolute Gasteiger partial charge is 0.396 e. The Morgan fingerprint density at radius 1 is 1.39 bits per heavy atom. The summed E-state index contributed by atoms with van der Waals surface area (Å²) in [5, 5.41) is 8.97. The summed E-state index contributed by atoms with van der Waals surface area (Å²) in [4.78, 5) is 11.8. The molecule has 0 aliphatic heterocycles. The van der Waals surface area contributed by atoms with Crippen molar-refractivity contribution in [2.24, 2.45) is 7.05 Å². The number of aromatic nitrogens is 4. The average molecular weight is 242 g/mol. The van der Waals surface area contributed by atoms with Crippen molar-refractivity contribution < 1.29 is 5.11 Å². The Bertz CT molecular complexity index is 683. The first-order valence-electron chi connectivity index (χ1n) is 5.84. The van der Waals surface area contributed by atoms with Crippen molar-refractivity contribution in [1.29, 1.82) is 0 Å². The number of aliphatic hydroxyl groups is 1. The van der Waals surface area contributed by atoms with E-state index in [1.54, 1.807) is 6.33 Å². The number of H-pyrrole nitrogens is 1. The van der Waals surface area contributed by atoms with Crippen molar-refractivity contribution in [1.82, 2.24) is 19.5 Å². The smallest absolute Gasteiger partial charge is 0.111 e. The Morgan fingerprint density at radius 2 is 2.28 bits per heavy atom. The molecule has 3 aromatic rings. The second kappa shape index (κ2) is 4.27. The highest BCUT2D eigenvalue weighted by Crippen LogP contribution is 2.22. The fourth-order valence-electron chi connectivity index (χ4n) is 2.07. The molecule has 0 saturated carbocycles. The van der Waals surface area contributed by atoms with Crippen LogP contribution in [0.15, 0.2) is 30.7 Å². The van der Waals surface area contributed by atoms with E-state index in [9.17, 15) is 0 Å². The zero-order valence-corrected chi connectivity index (χ0v) is 10.1. The van der Waals surface area contributed by atoms with Crippen molar-refractivity contribution in [2.75, 3.05) is 6.61 Å². The summed E-state index contributed by atoms with van der Waals surface area (Å²) in [5.41, 5.74) is 3.91. The van der Waals surface area contributed by atoms with Gasteiger partial charge in [-0.2, -0.15) is 0 Å². The van der Waals surface area contributed by atoms with Gasteiger partial charge in [0, 0.05) is 25.2 Å². The molecule has 0 bridgehead atoms. The number of rotatable bonds is 3. The third-order valence-corrected chi connectivity index (χ3v) is 3.02. The summed E-state index contributed by atoms with van der Waals surface area (Å²) in [6.45, 7) is 0.115. The summed E-state index contributed by atoms with van der Waals surface area (Å²) in [7, 11) is 1.94. The second-order valence-electron chi connectivity index (χ2n) is 4.26. The van der Waals surface area contributed by atoms with Gasteiger partial charge >= 0.3 is 0 Å². The number of imidazole rings is 2. The van der Waals surface area contributed by atoms with Gasteiger partial charge in [0.1, 0.15) is 5.82 Å². The topological polar surface area (TPSA) is 66.7 Å². The molecule has 2 heterocycles. The van der Waals surface area contributed by atoms with Crippen LogP contribution < -0.4 is 0 Å². The molecule has 92 valence electrons. The van der Waals surface area contributed by atoms with Crippen LogP contribution in [0, 0.1) is 0 Å². The molecule has 0 spiro atoms. The van der Waals surface area contributed by atoms with Crippen LogP contribution in [0.4, 0.5) is 0 Å². The third-order valence-electron chi connectivity index (χ3n) is 3.02. The predicted octanol–water partition coefficient (Wildman–Crippen LogP) is 1.50. The first kappa shape index (κ1) is 11.0. The number of nitrogens with zero attached hydrogens (tertiary/aromatic N) is 3. The van der Waals surface area contributed by atoms with E-state index in [0.717, 1.165) is 28.1 Å². The van der Waals surface area contributed by atoms with Crippen LogP contribution in [0.25, 0.3) is 22.3 Å². The normalized spacial score (nSPS) is 11.2. The lowest BCUT2D eigenvalue weighted by Crippen LogP contribution is -1.99. The Labute approximate surface area is 104 Å². The predicted molar refractivity (Wildman–Crippen MR) is 69.1 cm³/mol. The van der Waals surface area contributed by atoms with E-state index in [0.29, 0.717) is 6.42 Å². The summed E-state index contributed by atoms with van der Waals surface area (Å²) in [6, 6.07) is 6.02. The van der Waals surface area contributed by atoms with Crippen molar-refractivity contribution in [2.45, 2.75) is 6.42 Å². The van der Waals surface area contributed by atoms with E-state index >= 15 is 0 Å². The van der Waals surface area contributed by atoms with E-state index in [1.807, 2.05) is 36.0 Å². The van der Waals surface area contributed by atoms with E-state index in [2.05, 4.69) is 15.0 Å². The van der Waals surface area contributed by atoms with Crippen molar-refractivity contribution in [3.8, 4) is 11.3 Å². The molecule has 5 nitrogen and oxygen atoms in total. The number of nitrogens with one attached hydrogen (secondary N) is 1. The van der Waals surface area contributed by atoms with Crippen molar-refractivity contribution in [3.05, 3.63) is 36.5 Å². The monoisotopic (exact) mass is 242 g/mol. The van der Waals surface area contributed by atoms with Crippen LogP contribution >= 0.6 is 0 Å². The number of aryl methyl sites for hydroxylation is 1. The van der Waals surface area contributed by atoms with E-state index in [4.69, 9.17) is 5.11 Å². The molecule has 18 heavy (non-hydrogen) atoms. The molecular weight excluding hydrogens is 228 g/mol. The van der Waals surface area contributed by atoms with Crippen LogP contribution in [0.1, 0.15) is 5.82 Å². The molecule has 0 aliphatic carbocycles. The van der Waals surface area contributed by atoms with Gasteiger partial charge in [0.05, 0.1) is 29.7 Å². The van der Waals surface area contributed by atoms with Gasteiger partial charge < -0.3 is 14.7 Å². The minimum atomic E-state index is 0.115. The number of hydrogen-bond acceptors (Lipinski definition) is 3. The van der Waals surface area contributed by atoms with Crippen molar-refractivity contribution >= 4 is 11.0 Å². The van der Waals surface area contributed by atoms with Gasteiger partial charge in [-0.25, -0.2) is 9.97 Å². The molecule has 0 aliphatic rings. The third kappa shape index (κ3) is 1.78. The molecule has 2 aromatic heterocycles. The van der Waals surface area contributed by atoms with E-state index in [-0.39, 0.29) is 6.61 Å². The lowest BCUT2D eigenvalue weighted by molar-refractivity contribution is 0.295. The second-order valence-corrected chi connectivity index (χ2v) is 4.26. The zero-order chi connectivity index (χ0) is 12.5. The van der Waals surface area contributed by atoms with Gasteiger partial charge in [-0.3, -0.25) is 0 Å². The summed E-state index contributed by atoms with van der Waals surface area (Å²) in [5.74, 6) is 0.886. The average Bonchev–Trinajstić information content (AvgIpc) is 2.96. The van der Waals surface area contributed by atoms with Gasteiger partial charge in [-0.05, 0) is 12.1 Å². The van der Waals surface area contributed by atoms with Crippen LogP contribution in [0.3, 0.4) is 0 Å². The molecular formula is C13H14N4O. The minimum Gasteiger partial charge on any atom is -0.396 e. The first-order valence-corrected chi connectivity index (χ1v) is 5.84. The molecule has 0 unspecified atom stereocenters. The van der Waals surface area contributed by atoms with Gasteiger partial charge in [-0.15, -0.1) is 0 Å². The molecule has 3 rings (SSSR count). The fraction of sp³-hybridized carbons (Fsp3) is 0.231. The first-order chi connectivity index (χ1) is 8.78. The molecule has 0 atom stereocenters. The lowest BCUT2D eigenvalue weighted by Gasteiger charge is -1.96. The molecule has 0 fully saturated rings. The molecule has 0 amide bonds.